The lowest BCUT2D eigenvalue weighted by Crippen LogP contribution is -2.34. The Balaban J connectivity index is 1.96. The van der Waals surface area contributed by atoms with Gasteiger partial charge in [-0.2, -0.15) is 0 Å². The third-order valence-corrected chi connectivity index (χ3v) is 3.56. The van der Waals surface area contributed by atoms with Crippen molar-refractivity contribution in [3.63, 3.8) is 0 Å². The van der Waals surface area contributed by atoms with Crippen molar-refractivity contribution in [3.05, 3.63) is 0 Å². The maximum atomic E-state index is 3.49. The van der Waals surface area contributed by atoms with E-state index in [-0.39, 0.29) is 0 Å². The fraction of sp³-hybridized carbons (Fsp3) is 1.00. The summed E-state index contributed by atoms with van der Waals surface area (Å²) >= 11 is 2.58. The molecule has 2 unspecified atom stereocenters. The highest BCUT2D eigenvalue weighted by atomic mass is 127. The molecule has 2 fully saturated rings. The van der Waals surface area contributed by atoms with Gasteiger partial charge in [-0.3, -0.25) is 4.90 Å². The first-order valence-electron chi connectivity index (χ1n) is 4.45. The summed E-state index contributed by atoms with van der Waals surface area (Å²) in [6, 6.07) is 0.847. The molecule has 0 bridgehead atoms. The van der Waals surface area contributed by atoms with Crippen LogP contribution in [0.25, 0.3) is 0 Å². The highest BCUT2D eigenvalue weighted by Crippen LogP contribution is 2.24. The lowest BCUT2D eigenvalue weighted by molar-refractivity contribution is 0.271. The van der Waals surface area contributed by atoms with Gasteiger partial charge in [0.05, 0.1) is 0 Å². The predicted octanol–water partition coefficient (Wildman–Crippen LogP) is 0.858. The molecule has 2 aliphatic heterocycles. The lowest BCUT2D eigenvalue weighted by atomic mass is 10.2. The van der Waals surface area contributed by atoms with E-state index in [0.717, 1.165) is 9.97 Å². The fourth-order valence-corrected chi connectivity index (χ4v) is 3.18. The van der Waals surface area contributed by atoms with E-state index in [9.17, 15) is 0 Å². The Morgan fingerprint density at radius 3 is 3.27 bits per heavy atom. The van der Waals surface area contributed by atoms with Crippen LogP contribution in [0.5, 0.6) is 0 Å². The molecule has 11 heavy (non-hydrogen) atoms. The molecular weight excluding hydrogens is 251 g/mol. The molecule has 0 aromatic heterocycles. The van der Waals surface area contributed by atoms with E-state index < -0.39 is 0 Å². The van der Waals surface area contributed by atoms with Crippen LogP contribution in [0, 0.1) is 0 Å². The average molecular weight is 266 g/mol. The van der Waals surface area contributed by atoms with Crippen LogP contribution in [0.2, 0.25) is 0 Å². The molecule has 64 valence electrons. The third kappa shape index (κ3) is 1.87. The summed E-state index contributed by atoms with van der Waals surface area (Å²) in [4.78, 5) is 2.65. The molecule has 0 amide bonds. The summed E-state index contributed by atoms with van der Waals surface area (Å²) in [6.45, 7) is 5.09. The van der Waals surface area contributed by atoms with Crippen LogP contribution in [0.4, 0.5) is 0 Å². The van der Waals surface area contributed by atoms with Crippen molar-refractivity contribution in [2.24, 2.45) is 0 Å². The van der Waals surface area contributed by atoms with Crippen LogP contribution in [-0.2, 0) is 0 Å². The molecule has 2 heterocycles. The average Bonchev–Trinajstić information content (AvgIpc) is 2.17. The SMILES string of the molecule is IC1CC2CNCCCN2C1. The summed E-state index contributed by atoms with van der Waals surface area (Å²) < 4.78 is 0.900. The monoisotopic (exact) mass is 266 g/mol. The second-order valence-electron chi connectivity index (χ2n) is 3.54. The maximum absolute atomic E-state index is 3.49. The van der Waals surface area contributed by atoms with Crippen LogP contribution in [-0.4, -0.2) is 41.0 Å². The first-order chi connectivity index (χ1) is 5.36. The number of nitrogens with one attached hydrogen (secondary N) is 1. The smallest absolute Gasteiger partial charge is 0.0252 e. The molecular formula is C8H15IN2. The van der Waals surface area contributed by atoms with Gasteiger partial charge in [0.25, 0.3) is 0 Å². The molecule has 0 radical (unpaired) electrons. The standard InChI is InChI=1S/C8H15IN2/c9-7-4-8-5-10-2-1-3-11(8)6-7/h7-8,10H,1-6H2. The van der Waals surface area contributed by atoms with E-state index >= 15 is 0 Å². The van der Waals surface area contributed by atoms with E-state index in [4.69, 9.17) is 0 Å². The molecule has 1 N–H and O–H groups in total. The van der Waals surface area contributed by atoms with Crippen LogP contribution in [0.15, 0.2) is 0 Å². The van der Waals surface area contributed by atoms with Gasteiger partial charge in [0.2, 0.25) is 0 Å². The summed E-state index contributed by atoms with van der Waals surface area (Å²) in [6.07, 6.45) is 2.73. The van der Waals surface area contributed by atoms with E-state index in [0.29, 0.717) is 0 Å². The Kier molecular flexibility index (Phi) is 2.69. The third-order valence-electron chi connectivity index (χ3n) is 2.66. The molecule has 2 nitrogen and oxygen atoms in total. The predicted molar refractivity (Wildman–Crippen MR) is 55.3 cm³/mol. The fourth-order valence-electron chi connectivity index (χ4n) is 2.08. The molecule has 0 spiro atoms. The highest BCUT2D eigenvalue weighted by Gasteiger charge is 2.30. The Bertz CT molecular complexity index is 126. The summed E-state index contributed by atoms with van der Waals surface area (Å²) in [5.41, 5.74) is 0. The number of fused-ring (bicyclic) bond motifs is 1. The Morgan fingerprint density at radius 2 is 2.36 bits per heavy atom. The number of hydrogen-bond acceptors (Lipinski definition) is 2. The summed E-state index contributed by atoms with van der Waals surface area (Å²) in [5, 5.41) is 3.49. The molecule has 2 saturated heterocycles. The molecule has 0 saturated carbocycles. The van der Waals surface area contributed by atoms with Crippen molar-refractivity contribution < 1.29 is 0 Å². The summed E-state index contributed by atoms with van der Waals surface area (Å²) in [5.74, 6) is 0. The number of alkyl halides is 1. The van der Waals surface area contributed by atoms with Crippen LogP contribution < -0.4 is 5.32 Å². The number of rotatable bonds is 0. The Hall–Kier alpha value is 0.650. The largest absolute Gasteiger partial charge is 0.315 e. The van der Waals surface area contributed by atoms with Gasteiger partial charge in [0.1, 0.15) is 0 Å². The number of nitrogens with zero attached hydrogens (tertiary/aromatic N) is 1. The minimum absolute atomic E-state index is 0.847. The second-order valence-corrected chi connectivity index (χ2v) is 5.30. The van der Waals surface area contributed by atoms with Crippen molar-refractivity contribution in [2.75, 3.05) is 26.2 Å². The van der Waals surface area contributed by atoms with Gasteiger partial charge in [0, 0.05) is 23.1 Å². The normalized spacial score (nSPS) is 40.1. The van der Waals surface area contributed by atoms with E-state index in [1.54, 1.807) is 0 Å². The minimum Gasteiger partial charge on any atom is -0.315 e. The molecule has 0 aliphatic carbocycles. The number of hydrogen-bond donors (Lipinski definition) is 1. The van der Waals surface area contributed by atoms with Gasteiger partial charge in [0.15, 0.2) is 0 Å². The van der Waals surface area contributed by atoms with Crippen LogP contribution in [0.3, 0.4) is 0 Å². The van der Waals surface area contributed by atoms with Crippen molar-refractivity contribution in [3.8, 4) is 0 Å². The van der Waals surface area contributed by atoms with Gasteiger partial charge in [-0.15, -0.1) is 0 Å². The zero-order valence-electron chi connectivity index (χ0n) is 6.72. The zero-order chi connectivity index (χ0) is 7.68. The molecule has 2 atom stereocenters. The molecule has 2 aliphatic rings. The zero-order valence-corrected chi connectivity index (χ0v) is 8.88. The van der Waals surface area contributed by atoms with Crippen molar-refractivity contribution in [1.29, 1.82) is 0 Å². The molecule has 0 aromatic carbocycles. The van der Waals surface area contributed by atoms with Gasteiger partial charge < -0.3 is 5.32 Å². The van der Waals surface area contributed by atoms with Crippen molar-refractivity contribution >= 4 is 22.6 Å². The van der Waals surface area contributed by atoms with Gasteiger partial charge >= 0.3 is 0 Å². The van der Waals surface area contributed by atoms with Crippen LogP contribution in [0.1, 0.15) is 12.8 Å². The first-order valence-corrected chi connectivity index (χ1v) is 5.69. The highest BCUT2D eigenvalue weighted by molar-refractivity contribution is 14.1. The van der Waals surface area contributed by atoms with E-state index in [2.05, 4.69) is 32.8 Å². The summed E-state index contributed by atoms with van der Waals surface area (Å²) in [7, 11) is 0. The van der Waals surface area contributed by atoms with Gasteiger partial charge in [-0.05, 0) is 25.9 Å². The molecule has 2 rings (SSSR count). The Morgan fingerprint density at radius 1 is 1.45 bits per heavy atom. The van der Waals surface area contributed by atoms with Gasteiger partial charge in [-0.1, -0.05) is 22.6 Å². The van der Waals surface area contributed by atoms with Gasteiger partial charge in [-0.25, -0.2) is 0 Å². The van der Waals surface area contributed by atoms with Crippen molar-refractivity contribution in [1.82, 2.24) is 10.2 Å². The first kappa shape index (κ1) is 8.26. The van der Waals surface area contributed by atoms with E-state index in [1.807, 2.05) is 0 Å². The molecule has 0 aromatic rings. The van der Waals surface area contributed by atoms with Crippen LogP contribution >= 0.6 is 22.6 Å². The Labute approximate surface area is 81.9 Å². The second kappa shape index (κ2) is 3.58. The quantitative estimate of drug-likeness (QED) is 0.516. The lowest BCUT2D eigenvalue weighted by Gasteiger charge is -2.19. The maximum Gasteiger partial charge on any atom is 0.0252 e. The molecule has 3 heteroatoms. The minimum atomic E-state index is 0.847. The number of halogens is 1. The van der Waals surface area contributed by atoms with Crippen molar-refractivity contribution in [2.45, 2.75) is 22.8 Å². The van der Waals surface area contributed by atoms with E-state index in [1.165, 1.54) is 39.0 Å². The topological polar surface area (TPSA) is 15.3 Å².